The van der Waals surface area contributed by atoms with Crippen LogP contribution in [0.4, 0.5) is 0 Å². The molecule has 0 bridgehead atoms. The third kappa shape index (κ3) is 7.24. The number of amides is 2. The zero-order valence-corrected chi connectivity index (χ0v) is 21.7. The minimum atomic E-state index is -1.02. The van der Waals surface area contributed by atoms with Crippen molar-refractivity contribution in [2.45, 2.75) is 45.7 Å². The van der Waals surface area contributed by atoms with Gasteiger partial charge in [-0.1, -0.05) is 85.8 Å². The van der Waals surface area contributed by atoms with Gasteiger partial charge in [-0.25, -0.2) is 0 Å². The molecule has 0 aromatic heterocycles. The van der Waals surface area contributed by atoms with Gasteiger partial charge in [0.2, 0.25) is 11.7 Å². The van der Waals surface area contributed by atoms with Crippen molar-refractivity contribution in [3.63, 3.8) is 0 Å². The van der Waals surface area contributed by atoms with Gasteiger partial charge in [0.25, 0.3) is 5.91 Å². The zero-order chi connectivity index (χ0) is 26.9. The molecule has 1 atom stereocenters. The maximum Gasteiger partial charge on any atom is 0.285 e. The van der Waals surface area contributed by atoms with E-state index in [9.17, 15) is 14.4 Å². The summed E-state index contributed by atoms with van der Waals surface area (Å²) >= 11 is 0. The van der Waals surface area contributed by atoms with Crippen LogP contribution in [0.1, 0.15) is 64.9 Å². The summed E-state index contributed by atoms with van der Waals surface area (Å²) in [6.07, 6.45) is 3.93. The molecule has 2 amide bonds. The van der Waals surface area contributed by atoms with E-state index in [2.05, 4.69) is 37.8 Å². The number of primary amides is 2. The second kappa shape index (κ2) is 12.8. The first kappa shape index (κ1) is 27.6. The monoisotopic (exact) mass is 497 g/mol. The van der Waals surface area contributed by atoms with Crippen LogP contribution in [0.3, 0.4) is 0 Å². The number of nitrogens with two attached hydrogens (primary N) is 2. The van der Waals surface area contributed by atoms with E-state index in [1.807, 2.05) is 48.5 Å². The molecule has 3 aromatic carbocycles. The minimum absolute atomic E-state index is 0.268. The van der Waals surface area contributed by atoms with Crippen molar-refractivity contribution in [3.05, 3.63) is 106 Å². The van der Waals surface area contributed by atoms with Crippen molar-refractivity contribution >= 4 is 29.7 Å². The molecule has 3 aromatic rings. The largest absolute Gasteiger partial charge is 0.366 e. The molecular formula is C31H35N3O3. The summed E-state index contributed by atoms with van der Waals surface area (Å²) in [6, 6.07) is 23.1. The van der Waals surface area contributed by atoms with Crippen molar-refractivity contribution in [3.8, 4) is 0 Å². The van der Waals surface area contributed by atoms with E-state index in [0.29, 0.717) is 17.2 Å². The van der Waals surface area contributed by atoms with E-state index in [0.717, 1.165) is 24.2 Å². The molecule has 37 heavy (non-hydrogen) atoms. The summed E-state index contributed by atoms with van der Waals surface area (Å²) in [5.41, 5.74) is 15.4. The Hall–Kier alpha value is -4.03. The van der Waals surface area contributed by atoms with Gasteiger partial charge < -0.3 is 11.5 Å². The standard InChI is InChI=1S/C31H35N3O3/c1-4-34(21(2)3)20-24-15-13-22(14-16-24)17-18-26-25(11-8-12-27(26)30(32)36)28(29(35)31(33)37)19-23-9-6-5-7-10-23/h5-18,21,28H,4,19-20H2,1-3H3,(H2,32,36)(H2,33,37). The number of rotatable bonds is 12. The Balaban J connectivity index is 1.99. The molecule has 192 valence electrons. The molecule has 0 saturated carbocycles. The number of ketones is 1. The predicted molar refractivity (Wildman–Crippen MR) is 149 cm³/mol. The average molecular weight is 498 g/mol. The van der Waals surface area contributed by atoms with E-state index in [-0.39, 0.29) is 12.0 Å². The first-order valence-electron chi connectivity index (χ1n) is 12.5. The quantitative estimate of drug-likeness (QED) is 0.282. The fourth-order valence-corrected chi connectivity index (χ4v) is 4.46. The van der Waals surface area contributed by atoms with Crippen molar-refractivity contribution in [2.24, 2.45) is 11.5 Å². The smallest absolute Gasteiger partial charge is 0.285 e. The molecular weight excluding hydrogens is 462 g/mol. The van der Waals surface area contributed by atoms with E-state index in [4.69, 9.17) is 11.5 Å². The van der Waals surface area contributed by atoms with Gasteiger partial charge in [-0.05, 0) is 60.7 Å². The fraction of sp³-hybridized carbons (Fsp3) is 0.258. The van der Waals surface area contributed by atoms with Crippen LogP contribution in [-0.2, 0) is 22.6 Å². The Labute approximate surface area is 219 Å². The SMILES string of the molecule is CCN(Cc1ccc(C=Cc2c(C(N)=O)cccc2C(Cc2ccccc2)C(=O)C(N)=O)cc1)C(C)C. The molecule has 0 heterocycles. The first-order chi connectivity index (χ1) is 17.7. The highest BCUT2D eigenvalue weighted by Crippen LogP contribution is 2.29. The fourth-order valence-electron chi connectivity index (χ4n) is 4.46. The molecule has 3 rings (SSSR count). The van der Waals surface area contributed by atoms with Crippen LogP contribution >= 0.6 is 0 Å². The Morgan fingerprint density at radius 2 is 1.51 bits per heavy atom. The number of carbonyl (C=O) groups excluding carboxylic acids is 3. The third-order valence-corrected chi connectivity index (χ3v) is 6.57. The number of benzene rings is 3. The Morgan fingerprint density at radius 1 is 0.838 bits per heavy atom. The van der Waals surface area contributed by atoms with Crippen LogP contribution in [0.25, 0.3) is 12.2 Å². The highest BCUT2D eigenvalue weighted by atomic mass is 16.2. The Kier molecular flexibility index (Phi) is 9.52. The molecule has 6 nitrogen and oxygen atoms in total. The lowest BCUT2D eigenvalue weighted by Crippen LogP contribution is -2.30. The Morgan fingerprint density at radius 3 is 2.08 bits per heavy atom. The molecule has 0 aliphatic carbocycles. The molecule has 4 N–H and O–H groups in total. The summed E-state index contributed by atoms with van der Waals surface area (Å²) in [6.45, 7) is 8.35. The molecule has 0 saturated heterocycles. The van der Waals surface area contributed by atoms with Crippen molar-refractivity contribution in [1.82, 2.24) is 4.90 Å². The molecule has 0 aliphatic heterocycles. The van der Waals surface area contributed by atoms with Crippen LogP contribution < -0.4 is 11.5 Å². The number of carbonyl (C=O) groups is 3. The maximum absolute atomic E-state index is 12.9. The van der Waals surface area contributed by atoms with Crippen molar-refractivity contribution < 1.29 is 14.4 Å². The second-order valence-corrected chi connectivity index (χ2v) is 9.38. The number of nitrogens with zero attached hydrogens (tertiary/aromatic N) is 1. The van der Waals surface area contributed by atoms with E-state index >= 15 is 0 Å². The summed E-state index contributed by atoms with van der Waals surface area (Å²) in [7, 11) is 0. The van der Waals surface area contributed by atoms with Gasteiger partial charge in [0.05, 0.1) is 5.92 Å². The normalized spacial score (nSPS) is 12.2. The summed E-state index contributed by atoms with van der Waals surface area (Å²) in [5.74, 6) is -3.19. The predicted octanol–water partition coefficient (Wildman–Crippen LogP) is 4.57. The van der Waals surface area contributed by atoms with Crippen molar-refractivity contribution in [1.29, 1.82) is 0 Å². The van der Waals surface area contributed by atoms with Gasteiger partial charge >= 0.3 is 0 Å². The van der Waals surface area contributed by atoms with Crippen molar-refractivity contribution in [2.75, 3.05) is 6.54 Å². The lowest BCUT2D eigenvalue weighted by Gasteiger charge is -2.24. The summed E-state index contributed by atoms with van der Waals surface area (Å²) < 4.78 is 0. The zero-order valence-electron chi connectivity index (χ0n) is 21.7. The van der Waals surface area contributed by atoms with Gasteiger partial charge in [0.1, 0.15) is 0 Å². The highest BCUT2D eigenvalue weighted by Gasteiger charge is 2.28. The molecule has 0 fully saturated rings. The van der Waals surface area contributed by atoms with Gasteiger partial charge in [0, 0.05) is 18.2 Å². The van der Waals surface area contributed by atoms with Crippen LogP contribution in [0.15, 0.2) is 72.8 Å². The van der Waals surface area contributed by atoms with E-state index in [1.54, 1.807) is 24.3 Å². The molecule has 6 heteroatoms. The maximum atomic E-state index is 12.9. The topological polar surface area (TPSA) is 106 Å². The summed E-state index contributed by atoms with van der Waals surface area (Å²) in [4.78, 5) is 39.6. The van der Waals surface area contributed by atoms with Crippen LogP contribution in [-0.4, -0.2) is 35.1 Å². The van der Waals surface area contributed by atoms with Crippen LogP contribution in [0, 0.1) is 0 Å². The molecule has 1 unspecified atom stereocenters. The molecule has 0 spiro atoms. The lowest BCUT2D eigenvalue weighted by molar-refractivity contribution is -0.136. The lowest BCUT2D eigenvalue weighted by atomic mass is 9.83. The number of hydrogen-bond acceptors (Lipinski definition) is 4. The van der Waals surface area contributed by atoms with Gasteiger partial charge in [-0.2, -0.15) is 0 Å². The van der Waals surface area contributed by atoms with Crippen LogP contribution in [0.5, 0.6) is 0 Å². The van der Waals surface area contributed by atoms with Gasteiger partial charge in [-0.15, -0.1) is 0 Å². The van der Waals surface area contributed by atoms with Gasteiger partial charge in [0.15, 0.2) is 0 Å². The molecule has 0 aliphatic rings. The highest BCUT2D eigenvalue weighted by molar-refractivity contribution is 6.37. The van der Waals surface area contributed by atoms with E-state index < -0.39 is 23.5 Å². The second-order valence-electron chi connectivity index (χ2n) is 9.38. The third-order valence-electron chi connectivity index (χ3n) is 6.57. The number of Topliss-reactive ketones (excluding diaryl/α,β-unsaturated/α-hetero) is 1. The summed E-state index contributed by atoms with van der Waals surface area (Å²) in [5, 5.41) is 0. The first-order valence-corrected chi connectivity index (χ1v) is 12.5. The molecule has 0 radical (unpaired) electrons. The minimum Gasteiger partial charge on any atom is -0.366 e. The van der Waals surface area contributed by atoms with Gasteiger partial charge in [-0.3, -0.25) is 19.3 Å². The van der Waals surface area contributed by atoms with E-state index in [1.165, 1.54) is 5.56 Å². The number of hydrogen-bond donors (Lipinski definition) is 2. The Bertz CT molecular complexity index is 1260. The average Bonchev–Trinajstić information content (AvgIpc) is 2.89. The van der Waals surface area contributed by atoms with Crippen LogP contribution in [0.2, 0.25) is 0 Å².